The molecule has 1 rings (SSSR count). The molecule has 1 amide bonds. The zero-order chi connectivity index (χ0) is 17.1. The average molecular weight is 361 g/mol. The van der Waals surface area contributed by atoms with E-state index in [4.69, 9.17) is 4.74 Å². The van der Waals surface area contributed by atoms with Crippen LogP contribution in [0.3, 0.4) is 0 Å². The van der Waals surface area contributed by atoms with Crippen LogP contribution in [0.1, 0.15) is 12.8 Å². The number of ether oxygens (including phenoxy) is 1. The number of carbonyl (C=O) groups is 1. The minimum Gasteiger partial charge on any atom is -0.385 e. The fourth-order valence-electron chi connectivity index (χ4n) is 1.89. The van der Waals surface area contributed by atoms with Gasteiger partial charge in [-0.15, -0.1) is 0 Å². The highest BCUT2D eigenvalue weighted by atomic mass is 32.2. The van der Waals surface area contributed by atoms with Crippen molar-refractivity contribution < 1.29 is 17.9 Å². The molecule has 0 bridgehead atoms. The van der Waals surface area contributed by atoms with Crippen LogP contribution in [0.4, 0.5) is 0 Å². The van der Waals surface area contributed by atoms with Crippen molar-refractivity contribution in [3.8, 4) is 0 Å². The molecule has 1 atom stereocenters. The van der Waals surface area contributed by atoms with Crippen molar-refractivity contribution in [1.29, 1.82) is 0 Å². The van der Waals surface area contributed by atoms with Crippen LogP contribution in [0.25, 0.3) is 0 Å². The molecule has 0 aliphatic carbocycles. The molecule has 0 fully saturated rings. The van der Waals surface area contributed by atoms with Crippen molar-refractivity contribution in [3.63, 3.8) is 0 Å². The summed E-state index contributed by atoms with van der Waals surface area (Å²) in [5.74, 6) is 0.377. The first-order chi connectivity index (χ1) is 11.0. The van der Waals surface area contributed by atoms with E-state index in [9.17, 15) is 13.2 Å². The smallest absolute Gasteiger partial charge is 0.241 e. The lowest BCUT2D eigenvalue weighted by atomic mass is 10.2. The van der Waals surface area contributed by atoms with Gasteiger partial charge >= 0.3 is 0 Å². The number of sulfonamides is 1. The Morgan fingerprint density at radius 1 is 1.30 bits per heavy atom. The average Bonchev–Trinajstić information content (AvgIpc) is 2.56. The highest BCUT2D eigenvalue weighted by Gasteiger charge is 2.25. The first-order valence-corrected chi connectivity index (χ1v) is 10.2. The van der Waals surface area contributed by atoms with Crippen LogP contribution in [0.2, 0.25) is 0 Å². The maximum absolute atomic E-state index is 12.4. The lowest BCUT2D eigenvalue weighted by Gasteiger charge is -2.18. The highest BCUT2D eigenvalue weighted by Crippen LogP contribution is 2.10. The molecule has 0 aliphatic rings. The quantitative estimate of drug-likeness (QED) is 0.580. The molecule has 0 saturated carbocycles. The second-order valence-corrected chi connectivity index (χ2v) is 7.61. The molecule has 1 aromatic carbocycles. The Kier molecular flexibility index (Phi) is 9.23. The van der Waals surface area contributed by atoms with Crippen molar-refractivity contribution in [1.82, 2.24) is 10.0 Å². The predicted octanol–water partition coefficient (Wildman–Crippen LogP) is 1.24. The van der Waals surface area contributed by atoms with Crippen molar-refractivity contribution in [2.24, 2.45) is 0 Å². The van der Waals surface area contributed by atoms with Crippen LogP contribution in [-0.2, 0) is 19.6 Å². The van der Waals surface area contributed by atoms with Gasteiger partial charge in [0.1, 0.15) is 6.04 Å². The number of amides is 1. The number of carbonyl (C=O) groups excluding carboxylic acids is 1. The van der Waals surface area contributed by atoms with Crippen LogP contribution in [0, 0.1) is 0 Å². The number of rotatable bonds is 11. The standard InChI is InChI=1S/C15H24N2O4S2/c1-21-11-6-10-16-15(18)14(9-12-22-2)17-23(19,20)13-7-4-3-5-8-13/h3-5,7-8,14,17H,6,9-12H2,1-2H3,(H,16,18). The molecule has 6 nitrogen and oxygen atoms in total. The predicted molar refractivity (Wildman–Crippen MR) is 93.1 cm³/mol. The first-order valence-electron chi connectivity index (χ1n) is 7.34. The Labute approximate surface area is 142 Å². The van der Waals surface area contributed by atoms with Crippen LogP contribution >= 0.6 is 11.8 Å². The van der Waals surface area contributed by atoms with Gasteiger partial charge in [0.2, 0.25) is 15.9 Å². The van der Waals surface area contributed by atoms with E-state index < -0.39 is 16.1 Å². The van der Waals surface area contributed by atoms with Gasteiger partial charge in [0.15, 0.2) is 0 Å². The summed E-state index contributed by atoms with van der Waals surface area (Å²) in [6.45, 7) is 1.00. The number of thioether (sulfide) groups is 1. The molecule has 0 spiro atoms. The second-order valence-electron chi connectivity index (χ2n) is 4.91. The van der Waals surface area contributed by atoms with Gasteiger partial charge in [-0.3, -0.25) is 4.79 Å². The van der Waals surface area contributed by atoms with E-state index in [2.05, 4.69) is 10.0 Å². The Hall–Kier alpha value is -1.09. The summed E-state index contributed by atoms with van der Waals surface area (Å²) in [6.07, 6.45) is 3.03. The topological polar surface area (TPSA) is 84.5 Å². The molecule has 8 heteroatoms. The van der Waals surface area contributed by atoms with E-state index in [1.54, 1.807) is 37.1 Å². The Balaban J connectivity index is 2.71. The van der Waals surface area contributed by atoms with E-state index in [0.29, 0.717) is 31.7 Å². The number of benzene rings is 1. The molecule has 23 heavy (non-hydrogen) atoms. The maximum atomic E-state index is 12.4. The molecule has 1 unspecified atom stereocenters. The second kappa shape index (κ2) is 10.6. The third-order valence-electron chi connectivity index (χ3n) is 3.10. The van der Waals surface area contributed by atoms with E-state index >= 15 is 0 Å². The summed E-state index contributed by atoms with van der Waals surface area (Å²) in [5.41, 5.74) is 0. The fraction of sp³-hybridized carbons (Fsp3) is 0.533. The summed E-state index contributed by atoms with van der Waals surface area (Å²) in [6, 6.07) is 7.27. The Morgan fingerprint density at radius 2 is 2.00 bits per heavy atom. The van der Waals surface area contributed by atoms with Gasteiger partial charge in [-0.05, 0) is 37.0 Å². The van der Waals surface area contributed by atoms with E-state index in [-0.39, 0.29) is 10.8 Å². The van der Waals surface area contributed by atoms with Crippen LogP contribution in [0.15, 0.2) is 35.2 Å². The number of nitrogens with one attached hydrogen (secondary N) is 2. The molecular weight excluding hydrogens is 336 g/mol. The Morgan fingerprint density at radius 3 is 2.61 bits per heavy atom. The van der Waals surface area contributed by atoms with Gasteiger partial charge in [-0.2, -0.15) is 16.5 Å². The molecule has 0 aliphatic heterocycles. The lowest BCUT2D eigenvalue weighted by molar-refractivity contribution is -0.122. The monoisotopic (exact) mass is 360 g/mol. The van der Waals surface area contributed by atoms with Gasteiger partial charge in [0.05, 0.1) is 4.90 Å². The minimum absolute atomic E-state index is 0.154. The third-order valence-corrected chi connectivity index (χ3v) is 5.23. The maximum Gasteiger partial charge on any atom is 0.241 e. The fourth-order valence-corrected chi connectivity index (χ4v) is 3.61. The van der Waals surface area contributed by atoms with Crippen LogP contribution in [-0.4, -0.2) is 52.6 Å². The van der Waals surface area contributed by atoms with Gasteiger partial charge < -0.3 is 10.1 Å². The van der Waals surface area contributed by atoms with Crippen molar-refractivity contribution >= 4 is 27.7 Å². The highest BCUT2D eigenvalue weighted by molar-refractivity contribution is 7.98. The molecule has 0 saturated heterocycles. The van der Waals surface area contributed by atoms with Crippen LogP contribution < -0.4 is 10.0 Å². The summed E-state index contributed by atoms with van der Waals surface area (Å²) < 4.78 is 32.2. The Bertz CT molecular complexity index is 564. The lowest BCUT2D eigenvalue weighted by Crippen LogP contribution is -2.47. The normalized spacial score (nSPS) is 12.8. The first kappa shape index (κ1) is 20.0. The van der Waals surface area contributed by atoms with Crippen molar-refractivity contribution in [2.45, 2.75) is 23.8 Å². The van der Waals surface area contributed by atoms with Crippen molar-refractivity contribution in [2.75, 3.05) is 32.3 Å². The van der Waals surface area contributed by atoms with Gasteiger partial charge in [-0.25, -0.2) is 8.42 Å². The van der Waals surface area contributed by atoms with Crippen LogP contribution in [0.5, 0.6) is 0 Å². The number of hydrogen-bond donors (Lipinski definition) is 2. The van der Waals surface area contributed by atoms with Crippen molar-refractivity contribution in [3.05, 3.63) is 30.3 Å². The SMILES string of the molecule is COCCCNC(=O)C(CCSC)NS(=O)(=O)c1ccccc1. The summed E-state index contributed by atoms with van der Waals surface area (Å²) in [5, 5.41) is 2.75. The van der Waals surface area contributed by atoms with Gasteiger partial charge in [0.25, 0.3) is 0 Å². The molecular formula is C15H24N2O4S2. The molecule has 2 N–H and O–H groups in total. The third kappa shape index (κ3) is 7.34. The number of hydrogen-bond acceptors (Lipinski definition) is 5. The zero-order valence-corrected chi connectivity index (χ0v) is 15.1. The number of methoxy groups -OCH3 is 1. The van der Waals surface area contributed by atoms with Gasteiger partial charge in [-0.1, -0.05) is 18.2 Å². The summed E-state index contributed by atoms with van der Waals surface area (Å²) in [4.78, 5) is 12.4. The molecule has 0 heterocycles. The molecule has 1 aromatic rings. The largest absolute Gasteiger partial charge is 0.385 e. The van der Waals surface area contributed by atoms with Gasteiger partial charge in [0, 0.05) is 20.3 Å². The minimum atomic E-state index is -3.71. The molecule has 0 radical (unpaired) electrons. The van der Waals surface area contributed by atoms with E-state index in [0.717, 1.165) is 0 Å². The van der Waals surface area contributed by atoms with E-state index in [1.165, 1.54) is 12.1 Å². The summed E-state index contributed by atoms with van der Waals surface area (Å²) >= 11 is 1.57. The summed E-state index contributed by atoms with van der Waals surface area (Å²) in [7, 11) is -2.12. The molecule has 0 aromatic heterocycles. The molecule has 130 valence electrons. The zero-order valence-electron chi connectivity index (χ0n) is 13.4. The van der Waals surface area contributed by atoms with E-state index in [1.807, 2.05) is 6.26 Å².